The molecule has 0 aromatic rings. The Bertz CT molecular complexity index is 662. The Balaban J connectivity index is 1.58. The van der Waals surface area contributed by atoms with Crippen molar-refractivity contribution < 1.29 is 24.3 Å². The highest BCUT2D eigenvalue weighted by molar-refractivity contribution is 6.02. The highest BCUT2D eigenvalue weighted by atomic mass is 16.4. The number of nitrogens with one attached hydrogen (secondary N) is 2. The molecule has 3 N–H and O–H groups in total. The zero-order valence-electron chi connectivity index (χ0n) is 14.6. The van der Waals surface area contributed by atoms with Crippen LogP contribution in [-0.2, 0) is 9.59 Å². The number of rotatable bonds is 2. The van der Waals surface area contributed by atoms with Gasteiger partial charge in [0.2, 0.25) is 5.91 Å². The summed E-state index contributed by atoms with van der Waals surface area (Å²) in [7, 11) is 0. The zero-order valence-corrected chi connectivity index (χ0v) is 14.6. The summed E-state index contributed by atoms with van der Waals surface area (Å²) in [6, 6.07) is -1.94. The van der Waals surface area contributed by atoms with Crippen molar-refractivity contribution in [3.63, 3.8) is 0 Å². The van der Waals surface area contributed by atoms with Gasteiger partial charge in [0, 0.05) is 12.6 Å². The van der Waals surface area contributed by atoms with E-state index in [2.05, 4.69) is 10.6 Å². The maximum Gasteiger partial charge on any atom is 0.405 e. The summed E-state index contributed by atoms with van der Waals surface area (Å²) in [4.78, 5) is 52.4. The predicted molar refractivity (Wildman–Crippen MR) is 89.3 cm³/mol. The van der Waals surface area contributed by atoms with Gasteiger partial charge in [0.15, 0.2) is 0 Å². The molecule has 4 aliphatic rings. The maximum atomic E-state index is 13.2. The lowest BCUT2D eigenvalue weighted by Gasteiger charge is -2.36. The van der Waals surface area contributed by atoms with Gasteiger partial charge in [-0.05, 0) is 38.5 Å². The van der Waals surface area contributed by atoms with Crippen LogP contribution in [0.5, 0.6) is 0 Å². The molecule has 0 bridgehead atoms. The van der Waals surface area contributed by atoms with Crippen LogP contribution in [0.1, 0.15) is 51.4 Å². The molecule has 4 fully saturated rings. The Morgan fingerprint density at radius 3 is 2.54 bits per heavy atom. The fraction of sp³-hybridized carbons (Fsp3) is 0.765. The van der Waals surface area contributed by atoms with E-state index in [1.165, 1.54) is 4.90 Å². The molecule has 3 saturated heterocycles. The van der Waals surface area contributed by atoms with Gasteiger partial charge in [-0.15, -0.1) is 0 Å². The van der Waals surface area contributed by atoms with Crippen molar-refractivity contribution in [1.29, 1.82) is 0 Å². The Hall–Kier alpha value is -2.32. The fourth-order valence-corrected chi connectivity index (χ4v) is 4.70. The first kappa shape index (κ1) is 17.1. The topological polar surface area (TPSA) is 119 Å². The normalized spacial score (nSPS) is 32.7. The van der Waals surface area contributed by atoms with Gasteiger partial charge in [0.25, 0.3) is 5.91 Å². The lowest BCUT2D eigenvalue weighted by Crippen LogP contribution is -2.58. The van der Waals surface area contributed by atoms with E-state index in [4.69, 9.17) is 5.11 Å². The average molecular weight is 364 g/mol. The van der Waals surface area contributed by atoms with Crippen molar-refractivity contribution in [1.82, 2.24) is 20.4 Å². The summed E-state index contributed by atoms with van der Waals surface area (Å²) in [6.45, 7) is 0.477. The molecule has 1 aliphatic carbocycles. The van der Waals surface area contributed by atoms with Crippen molar-refractivity contribution >= 4 is 23.9 Å². The highest BCUT2D eigenvalue weighted by Crippen LogP contribution is 2.45. The summed E-state index contributed by atoms with van der Waals surface area (Å²) in [6.07, 6.45) is 4.50. The summed E-state index contributed by atoms with van der Waals surface area (Å²) < 4.78 is 0. The van der Waals surface area contributed by atoms with Crippen molar-refractivity contribution in [2.75, 3.05) is 6.54 Å². The third kappa shape index (κ3) is 2.69. The van der Waals surface area contributed by atoms with Crippen molar-refractivity contribution in [3.8, 4) is 0 Å². The van der Waals surface area contributed by atoms with Gasteiger partial charge in [-0.25, -0.2) is 9.59 Å². The van der Waals surface area contributed by atoms with Crippen molar-refractivity contribution in [2.24, 2.45) is 0 Å². The zero-order chi connectivity index (χ0) is 18.5. The largest absolute Gasteiger partial charge is 0.465 e. The van der Waals surface area contributed by atoms with Crippen LogP contribution in [0.15, 0.2) is 0 Å². The molecule has 0 aromatic heterocycles. The molecule has 0 radical (unpaired) electrons. The van der Waals surface area contributed by atoms with E-state index < -0.39 is 23.7 Å². The van der Waals surface area contributed by atoms with E-state index in [1.54, 1.807) is 4.90 Å². The van der Waals surface area contributed by atoms with Gasteiger partial charge < -0.3 is 20.6 Å². The Morgan fingerprint density at radius 2 is 1.85 bits per heavy atom. The van der Waals surface area contributed by atoms with E-state index in [-0.39, 0.29) is 23.9 Å². The first-order valence-electron chi connectivity index (χ1n) is 9.36. The number of urea groups is 1. The molecule has 142 valence electrons. The lowest BCUT2D eigenvalue weighted by molar-refractivity contribution is -0.146. The highest BCUT2D eigenvalue weighted by Gasteiger charge is 2.59. The molecule has 0 unspecified atom stereocenters. The average Bonchev–Trinajstić information content (AvgIpc) is 3.11. The predicted octanol–water partition coefficient (Wildman–Crippen LogP) is 0.641. The summed E-state index contributed by atoms with van der Waals surface area (Å²) in [5.74, 6) is -0.652. The van der Waals surface area contributed by atoms with Gasteiger partial charge in [-0.1, -0.05) is 12.8 Å². The summed E-state index contributed by atoms with van der Waals surface area (Å²) in [5, 5.41) is 14.1. The second-order valence-electron chi connectivity index (χ2n) is 7.84. The van der Waals surface area contributed by atoms with E-state index in [9.17, 15) is 19.2 Å². The molecular weight excluding hydrogens is 340 g/mol. The number of amides is 5. The van der Waals surface area contributed by atoms with E-state index in [0.29, 0.717) is 25.8 Å². The SMILES string of the molecule is O=C(O)N[C@H]1CCCC[C@H]2CC[C@@H](C(=O)N3C(=O)NCC34CC4)N2C1=O. The quantitative estimate of drug-likeness (QED) is 0.664. The molecule has 9 heteroatoms. The third-order valence-electron chi connectivity index (χ3n) is 6.21. The number of nitrogens with zero attached hydrogens (tertiary/aromatic N) is 2. The summed E-state index contributed by atoms with van der Waals surface area (Å²) >= 11 is 0. The molecule has 26 heavy (non-hydrogen) atoms. The first-order valence-corrected chi connectivity index (χ1v) is 9.36. The molecule has 3 aliphatic heterocycles. The van der Waals surface area contributed by atoms with E-state index >= 15 is 0 Å². The molecule has 4 rings (SSSR count). The molecule has 1 saturated carbocycles. The van der Waals surface area contributed by atoms with Crippen LogP contribution in [0.3, 0.4) is 0 Å². The number of carboxylic acid groups (broad SMARTS) is 1. The van der Waals surface area contributed by atoms with Crippen LogP contribution in [-0.4, -0.2) is 69.1 Å². The van der Waals surface area contributed by atoms with Crippen molar-refractivity contribution in [3.05, 3.63) is 0 Å². The first-order chi connectivity index (χ1) is 12.4. The van der Waals surface area contributed by atoms with Crippen LogP contribution in [0.2, 0.25) is 0 Å². The van der Waals surface area contributed by atoms with Gasteiger partial charge >= 0.3 is 12.1 Å². The van der Waals surface area contributed by atoms with Gasteiger partial charge in [-0.3, -0.25) is 14.5 Å². The molecule has 5 amide bonds. The lowest BCUT2D eigenvalue weighted by atomic mass is 9.99. The van der Waals surface area contributed by atoms with Crippen LogP contribution in [0, 0.1) is 0 Å². The standard InChI is InChI=1S/C17H24N4O5/c22-13-11(19-16(25)26)4-2-1-3-10-5-6-12(20(10)13)14(23)21-15(24)18-9-17(21)7-8-17/h10-12,19H,1-9H2,(H,18,24)(H,25,26)/t10-,11-,12-/m0/s1. The number of imide groups is 1. The second kappa shape index (κ2) is 6.14. The van der Waals surface area contributed by atoms with Gasteiger partial charge in [0.05, 0.1) is 5.54 Å². The minimum atomic E-state index is -1.24. The van der Waals surface area contributed by atoms with Crippen molar-refractivity contribution in [2.45, 2.75) is 75.0 Å². The minimum Gasteiger partial charge on any atom is -0.465 e. The fourth-order valence-electron chi connectivity index (χ4n) is 4.70. The number of hydrogen-bond donors (Lipinski definition) is 3. The molecule has 3 heterocycles. The van der Waals surface area contributed by atoms with Crippen LogP contribution >= 0.6 is 0 Å². The summed E-state index contributed by atoms with van der Waals surface area (Å²) in [5.41, 5.74) is -0.406. The monoisotopic (exact) mass is 364 g/mol. The minimum absolute atomic E-state index is 0.0596. The molecule has 0 aromatic carbocycles. The Kier molecular flexibility index (Phi) is 4.04. The van der Waals surface area contributed by atoms with Crippen LogP contribution < -0.4 is 10.6 Å². The number of carbonyl (C=O) groups is 4. The van der Waals surface area contributed by atoms with Gasteiger partial charge in [0.1, 0.15) is 12.1 Å². The van der Waals surface area contributed by atoms with Crippen LogP contribution in [0.4, 0.5) is 9.59 Å². The van der Waals surface area contributed by atoms with Crippen LogP contribution in [0.25, 0.3) is 0 Å². The third-order valence-corrected chi connectivity index (χ3v) is 6.21. The van der Waals surface area contributed by atoms with E-state index in [1.807, 2.05) is 0 Å². The molecular formula is C17H24N4O5. The number of fused-ring (bicyclic) bond motifs is 1. The smallest absolute Gasteiger partial charge is 0.405 e. The second-order valence-corrected chi connectivity index (χ2v) is 7.84. The van der Waals surface area contributed by atoms with E-state index in [0.717, 1.165) is 32.1 Å². The number of hydrogen-bond acceptors (Lipinski definition) is 4. The number of carbonyl (C=O) groups excluding carboxylic acids is 3. The Morgan fingerprint density at radius 1 is 1.12 bits per heavy atom. The molecule has 9 nitrogen and oxygen atoms in total. The molecule has 1 spiro atoms. The Labute approximate surface area is 151 Å². The molecule has 3 atom stereocenters. The maximum absolute atomic E-state index is 13.2. The van der Waals surface area contributed by atoms with Gasteiger partial charge in [-0.2, -0.15) is 0 Å².